The average molecular weight is 404 g/mol. The van der Waals surface area contributed by atoms with E-state index in [1.54, 1.807) is 11.3 Å². The first-order chi connectivity index (χ1) is 9.04. The molecule has 0 aliphatic heterocycles. The zero-order valence-electron chi connectivity index (χ0n) is 10.9. The molecule has 0 bridgehead atoms. The molecule has 1 aromatic heterocycles. The minimum absolute atomic E-state index is 0.189. The van der Waals surface area contributed by atoms with Gasteiger partial charge in [-0.1, -0.05) is 18.2 Å². The van der Waals surface area contributed by atoms with Gasteiger partial charge in [0.2, 0.25) is 0 Å². The quantitative estimate of drug-likeness (QED) is 0.800. The highest BCUT2D eigenvalue weighted by Crippen LogP contribution is 2.38. The SMILES string of the molecule is Cc1ccccc1N(C)C(CN)c1cc(Br)c(Br)s1. The van der Waals surface area contributed by atoms with Crippen LogP contribution in [-0.2, 0) is 0 Å². The van der Waals surface area contributed by atoms with Gasteiger partial charge >= 0.3 is 0 Å². The second-order valence-electron chi connectivity index (χ2n) is 4.42. The average Bonchev–Trinajstić information content (AvgIpc) is 2.70. The number of anilines is 1. The fourth-order valence-electron chi connectivity index (χ4n) is 2.12. The van der Waals surface area contributed by atoms with Gasteiger partial charge < -0.3 is 10.6 Å². The van der Waals surface area contributed by atoms with E-state index in [1.165, 1.54) is 16.1 Å². The van der Waals surface area contributed by atoms with E-state index in [0.29, 0.717) is 6.54 Å². The molecule has 2 nitrogen and oxygen atoms in total. The second-order valence-corrected chi connectivity index (χ2v) is 7.68. The summed E-state index contributed by atoms with van der Waals surface area (Å²) in [4.78, 5) is 3.51. The Morgan fingerprint density at radius 3 is 2.53 bits per heavy atom. The summed E-state index contributed by atoms with van der Waals surface area (Å²) >= 11 is 8.81. The Balaban J connectivity index is 2.34. The first kappa shape index (κ1) is 15.0. The number of benzene rings is 1. The summed E-state index contributed by atoms with van der Waals surface area (Å²) in [7, 11) is 2.10. The molecule has 2 aromatic rings. The summed E-state index contributed by atoms with van der Waals surface area (Å²) in [6.07, 6.45) is 0. The van der Waals surface area contributed by atoms with Crippen LogP contribution in [0.3, 0.4) is 0 Å². The molecule has 2 rings (SSSR count). The van der Waals surface area contributed by atoms with E-state index in [0.717, 1.165) is 8.26 Å². The minimum Gasteiger partial charge on any atom is -0.365 e. The summed E-state index contributed by atoms with van der Waals surface area (Å²) in [5, 5.41) is 0. The van der Waals surface area contributed by atoms with Crippen LogP contribution in [0.15, 0.2) is 38.6 Å². The van der Waals surface area contributed by atoms with Gasteiger partial charge in [-0.3, -0.25) is 0 Å². The number of nitrogens with zero attached hydrogens (tertiary/aromatic N) is 1. The van der Waals surface area contributed by atoms with Gasteiger partial charge in [0.1, 0.15) is 0 Å². The van der Waals surface area contributed by atoms with Gasteiger partial charge in [0.15, 0.2) is 0 Å². The van der Waals surface area contributed by atoms with Gasteiger partial charge in [-0.25, -0.2) is 0 Å². The molecule has 0 radical (unpaired) electrons. The molecule has 0 aliphatic carbocycles. The van der Waals surface area contributed by atoms with Crippen LogP contribution < -0.4 is 10.6 Å². The van der Waals surface area contributed by atoms with E-state index < -0.39 is 0 Å². The Labute approximate surface area is 134 Å². The molecule has 1 atom stereocenters. The molecule has 1 aromatic carbocycles. The Morgan fingerprint density at radius 2 is 2.00 bits per heavy atom. The Morgan fingerprint density at radius 1 is 1.32 bits per heavy atom. The van der Waals surface area contributed by atoms with Gasteiger partial charge in [-0.2, -0.15) is 0 Å². The topological polar surface area (TPSA) is 29.3 Å². The number of nitrogens with two attached hydrogens (primary N) is 1. The molecule has 0 spiro atoms. The van der Waals surface area contributed by atoms with Crippen LogP contribution >= 0.6 is 43.2 Å². The maximum atomic E-state index is 5.99. The highest BCUT2D eigenvalue weighted by molar-refractivity contribution is 9.13. The molecule has 5 heteroatoms. The van der Waals surface area contributed by atoms with Crippen molar-refractivity contribution in [2.75, 3.05) is 18.5 Å². The molecule has 1 unspecified atom stereocenters. The lowest BCUT2D eigenvalue weighted by atomic mass is 10.1. The molecule has 0 saturated carbocycles. The molecular weight excluding hydrogens is 388 g/mol. The van der Waals surface area contributed by atoms with Crippen LogP contribution in [0.4, 0.5) is 5.69 Å². The van der Waals surface area contributed by atoms with Crippen molar-refractivity contribution in [3.05, 3.63) is 49.0 Å². The smallest absolute Gasteiger partial charge is 0.0844 e. The van der Waals surface area contributed by atoms with Crippen molar-refractivity contribution < 1.29 is 0 Å². The van der Waals surface area contributed by atoms with E-state index in [2.05, 4.69) is 81.1 Å². The van der Waals surface area contributed by atoms with Crippen LogP contribution in [0.2, 0.25) is 0 Å². The first-order valence-electron chi connectivity index (χ1n) is 5.98. The van der Waals surface area contributed by atoms with E-state index in [-0.39, 0.29) is 6.04 Å². The fourth-order valence-corrected chi connectivity index (χ4v) is 4.37. The standard InChI is InChI=1S/C14H16Br2N2S/c1-9-5-3-4-6-11(9)18(2)12(8-17)13-7-10(15)14(16)19-13/h3-7,12H,8,17H2,1-2H3. The minimum atomic E-state index is 0.189. The Hall–Kier alpha value is -0.360. The van der Waals surface area contributed by atoms with Crippen LogP contribution in [0.5, 0.6) is 0 Å². The van der Waals surface area contributed by atoms with Crippen LogP contribution in [0, 0.1) is 6.92 Å². The summed E-state index contributed by atoms with van der Waals surface area (Å²) < 4.78 is 2.20. The number of aryl methyl sites for hydroxylation is 1. The fraction of sp³-hybridized carbons (Fsp3) is 0.286. The second kappa shape index (κ2) is 6.39. The zero-order valence-corrected chi connectivity index (χ0v) is 14.8. The van der Waals surface area contributed by atoms with Crippen molar-refractivity contribution in [2.45, 2.75) is 13.0 Å². The maximum absolute atomic E-state index is 5.99. The third-order valence-corrected chi connectivity index (χ3v) is 6.54. The van der Waals surface area contributed by atoms with Gasteiger partial charge in [0, 0.05) is 28.6 Å². The Bertz CT molecular complexity index is 549. The first-order valence-corrected chi connectivity index (χ1v) is 8.38. The molecule has 19 heavy (non-hydrogen) atoms. The predicted octanol–water partition coefficient (Wildman–Crippen LogP) is 4.72. The maximum Gasteiger partial charge on any atom is 0.0844 e. The van der Waals surface area contributed by atoms with E-state index in [9.17, 15) is 0 Å². The third-order valence-electron chi connectivity index (χ3n) is 3.18. The van der Waals surface area contributed by atoms with Gasteiger partial charge in [0.25, 0.3) is 0 Å². The summed E-state index contributed by atoms with van der Waals surface area (Å²) in [5.41, 5.74) is 8.47. The number of rotatable bonds is 4. The number of hydrogen-bond donors (Lipinski definition) is 1. The summed E-state index contributed by atoms with van der Waals surface area (Å²) in [5.74, 6) is 0. The van der Waals surface area contributed by atoms with E-state index in [4.69, 9.17) is 5.73 Å². The van der Waals surface area contributed by atoms with Crippen LogP contribution in [-0.4, -0.2) is 13.6 Å². The number of halogens is 2. The summed E-state index contributed by atoms with van der Waals surface area (Å²) in [6.45, 7) is 2.71. The normalized spacial score (nSPS) is 12.5. The van der Waals surface area contributed by atoms with E-state index in [1.807, 2.05) is 0 Å². The monoisotopic (exact) mass is 402 g/mol. The number of para-hydroxylation sites is 1. The molecule has 1 heterocycles. The number of hydrogen-bond acceptors (Lipinski definition) is 3. The van der Waals surface area contributed by atoms with Gasteiger partial charge in [0.05, 0.1) is 9.83 Å². The van der Waals surface area contributed by atoms with Crippen LogP contribution in [0.25, 0.3) is 0 Å². The van der Waals surface area contributed by atoms with Crippen molar-refractivity contribution in [1.82, 2.24) is 0 Å². The molecule has 102 valence electrons. The van der Waals surface area contributed by atoms with Gasteiger partial charge in [-0.05, 0) is 56.5 Å². The number of thiophene rings is 1. The molecule has 0 saturated heterocycles. The molecular formula is C14H16Br2N2S. The van der Waals surface area contributed by atoms with Crippen molar-refractivity contribution in [1.29, 1.82) is 0 Å². The molecule has 0 fully saturated rings. The predicted molar refractivity (Wildman–Crippen MR) is 91.1 cm³/mol. The van der Waals surface area contributed by atoms with Crippen molar-refractivity contribution in [3.63, 3.8) is 0 Å². The van der Waals surface area contributed by atoms with Crippen molar-refractivity contribution in [2.24, 2.45) is 5.73 Å². The van der Waals surface area contributed by atoms with Crippen molar-refractivity contribution >= 4 is 48.9 Å². The largest absolute Gasteiger partial charge is 0.365 e. The Kier molecular flexibility index (Phi) is 5.06. The molecule has 0 amide bonds. The number of likely N-dealkylation sites (N-methyl/N-ethyl adjacent to an activating group) is 1. The van der Waals surface area contributed by atoms with Crippen molar-refractivity contribution in [3.8, 4) is 0 Å². The molecule has 0 aliphatic rings. The van der Waals surface area contributed by atoms with Crippen LogP contribution in [0.1, 0.15) is 16.5 Å². The lowest BCUT2D eigenvalue weighted by molar-refractivity contribution is 0.691. The van der Waals surface area contributed by atoms with E-state index >= 15 is 0 Å². The summed E-state index contributed by atoms with van der Waals surface area (Å²) in [6, 6.07) is 10.7. The lowest BCUT2D eigenvalue weighted by Gasteiger charge is -2.29. The molecule has 2 N–H and O–H groups in total. The van der Waals surface area contributed by atoms with Gasteiger partial charge in [-0.15, -0.1) is 11.3 Å². The highest BCUT2D eigenvalue weighted by atomic mass is 79.9. The zero-order chi connectivity index (χ0) is 14.0. The lowest BCUT2D eigenvalue weighted by Crippen LogP contribution is -2.30. The highest BCUT2D eigenvalue weighted by Gasteiger charge is 2.20. The third kappa shape index (κ3) is 3.21.